The van der Waals surface area contributed by atoms with Crippen molar-refractivity contribution in [1.29, 1.82) is 0 Å². The number of benzene rings is 1. The molecule has 4 aliphatic rings. The van der Waals surface area contributed by atoms with Gasteiger partial charge in [-0.15, -0.1) is 0 Å². The first-order valence-electron chi connectivity index (χ1n) is 10.9. The SMILES string of the molecule is COC12C(COC(N)=O)C3=C(C(=O)C(C)=C(Nc4ccc(NC(C)=O)cc4)C3=O)N1CC1NC12. The molecule has 2 saturated heterocycles. The number of rotatable bonds is 6. The van der Waals surface area contributed by atoms with E-state index in [9.17, 15) is 19.2 Å². The van der Waals surface area contributed by atoms with Gasteiger partial charge in [-0.1, -0.05) is 0 Å². The van der Waals surface area contributed by atoms with E-state index in [1.54, 1.807) is 31.2 Å². The summed E-state index contributed by atoms with van der Waals surface area (Å²) < 4.78 is 11.1. The van der Waals surface area contributed by atoms with Crippen LogP contribution in [-0.4, -0.2) is 66.5 Å². The average molecular weight is 467 g/mol. The van der Waals surface area contributed by atoms with Crippen molar-refractivity contribution < 1.29 is 28.7 Å². The predicted molar refractivity (Wildman–Crippen MR) is 120 cm³/mol. The Morgan fingerprint density at radius 3 is 2.50 bits per heavy atom. The van der Waals surface area contributed by atoms with Crippen molar-refractivity contribution in [1.82, 2.24) is 10.2 Å². The van der Waals surface area contributed by atoms with Gasteiger partial charge in [0.1, 0.15) is 6.61 Å². The van der Waals surface area contributed by atoms with Crippen LogP contribution in [0.25, 0.3) is 0 Å². The van der Waals surface area contributed by atoms with Gasteiger partial charge in [0.2, 0.25) is 17.5 Å². The molecule has 0 aromatic heterocycles. The number of hydrogen-bond donors (Lipinski definition) is 4. The number of piperazine rings is 1. The molecule has 0 saturated carbocycles. The van der Waals surface area contributed by atoms with E-state index in [1.807, 2.05) is 4.90 Å². The van der Waals surface area contributed by atoms with Crippen molar-refractivity contribution in [2.45, 2.75) is 31.7 Å². The molecule has 4 atom stereocenters. The molecule has 34 heavy (non-hydrogen) atoms. The first-order chi connectivity index (χ1) is 16.2. The number of carbonyl (C=O) groups is 4. The van der Waals surface area contributed by atoms with Crippen molar-refractivity contribution in [3.05, 3.63) is 46.8 Å². The van der Waals surface area contributed by atoms with E-state index < -0.39 is 17.7 Å². The number of nitrogens with one attached hydrogen (secondary N) is 3. The maximum atomic E-state index is 13.8. The molecule has 5 rings (SSSR count). The number of amides is 2. The van der Waals surface area contributed by atoms with Crippen LogP contribution in [-0.2, 0) is 23.9 Å². The Balaban J connectivity index is 1.49. The Bertz CT molecular complexity index is 1190. The minimum absolute atomic E-state index is 0.108. The highest BCUT2D eigenvalue weighted by Crippen LogP contribution is 2.55. The summed E-state index contributed by atoms with van der Waals surface area (Å²) in [6, 6.07) is 6.79. The summed E-state index contributed by atoms with van der Waals surface area (Å²) in [7, 11) is 1.52. The van der Waals surface area contributed by atoms with Crippen LogP contribution in [0, 0.1) is 5.92 Å². The van der Waals surface area contributed by atoms with E-state index in [4.69, 9.17) is 15.2 Å². The highest BCUT2D eigenvalue weighted by atomic mass is 16.6. The van der Waals surface area contributed by atoms with Crippen LogP contribution < -0.4 is 21.7 Å². The molecule has 11 heteroatoms. The number of fused-ring (bicyclic) bond motifs is 4. The molecule has 2 amide bonds. The molecular weight excluding hydrogens is 442 g/mol. The summed E-state index contributed by atoms with van der Waals surface area (Å²) in [6.45, 7) is 3.33. The summed E-state index contributed by atoms with van der Waals surface area (Å²) in [5.74, 6) is -1.54. The fraction of sp³-hybridized carbons (Fsp3) is 0.391. The van der Waals surface area contributed by atoms with E-state index >= 15 is 0 Å². The number of primary amides is 1. The third kappa shape index (κ3) is 3.11. The third-order valence-corrected chi connectivity index (χ3v) is 6.90. The maximum absolute atomic E-state index is 13.8. The van der Waals surface area contributed by atoms with Crippen molar-refractivity contribution in [2.75, 3.05) is 30.9 Å². The number of ether oxygens (including phenoxy) is 2. The quantitative estimate of drug-likeness (QED) is 0.344. The zero-order valence-corrected chi connectivity index (χ0v) is 18.9. The lowest BCUT2D eigenvalue weighted by molar-refractivity contribution is -0.137. The summed E-state index contributed by atoms with van der Waals surface area (Å²) in [4.78, 5) is 51.8. The second kappa shape index (κ2) is 7.67. The van der Waals surface area contributed by atoms with Gasteiger partial charge in [-0.2, -0.15) is 0 Å². The predicted octanol–water partition coefficient (Wildman–Crippen LogP) is 0.461. The van der Waals surface area contributed by atoms with Gasteiger partial charge in [0.25, 0.3) is 0 Å². The van der Waals surface area contributed by atoms with Gasteiger partial charge in [0.05, 0.1) is 23.4 Å². The van der Waals surface area contributed by atoms with E-state index in [-0.39, 0.29) is 53.0 Å². The molecule has 5 N–H and O–H groups in total. The van der Waals surface area contributed by atoms with Crippen molar-refractivity contribution in [3.8, 4) is 0 Å². The first kappa shape index (κ1) is 22.1. The van der Waals surface area contributed by atoms with Crippen molar-refractivity contribution in [2.24, 2.45) is 11.7 Å². The lowest BCUT2D eigenvalue weighted by atomic mass is 9.82. The Morgan fingerprint density at radius 2 is 1.88 bits per heavy atom. The van der Waals surface area contributed by atoms with Gasteiger partial charge in [-0.25, -0.2) is 4.79 Å². The molecule has 11 nitrogen and oxygen atoms in total. The van der Waals surface area contributed by atoms with Gasteiger partial charge >= 0.3 is 6.09 Å². The summed E-state index contributed by atoms with van der Waals surface area (Å²) in [5, 5.41) is 9.06. The molecule has 3 heterocycles. The lowest BCUT2D eigenvalue weighted by Crippen LogP contribution is -2.55. The highest BCUT2D eigenvalue weighted by Gasteiger charge is 2.72. The summed E-state index contributed by atoms with van der Waals surface area (Å²) in [5.41, 5.74) is 6.34. The second-order valence-electron chi connectivity index (χ2n) is 8.80. The second-order valence-corrected chi connectivity index (χ2v) is 8.80. The first-order valence-corrected chi connectivity index (χ1v) is 10.9. The zero-order valence-electron chi connectivity index (χ0n) is 18.9. The van der Waals surface area contributed by atoms with Crippen LogP contribution in [0.5, 0.6) is 0 Å². The number of nitrogens with two attached hydrogens (primary N) is 1. The van der Waals surface area contributed by atoms with Crippen LogP contribution in [0.4, 0.5) is 16.2 Å². The zero-order chi connectivity index (χ0) is 24.4. The Kier molecular flexibility index (Phi) is 4.99. The molecule has 0 radical (unpaired) electrons. The number of methoxy groups -OCH3 is 1. The molecule has 1 aromatic carbocycles. The van der Waals surface area contributed by atoms with Gasteiger partial charge in [-0.05, 0) is 31.2 Å². The fourth-order valence-electron chi connectivity index (χ4n) is 5.43. The monoisotopic (exact) mass is 467 g/mol. The fourth-order valence-corrected chi connectivity index (χ4v) is 5.43. The topological polar surface area (TPSA) is 162 Å². The van der Waals surface area contributed by atoms with E-state index in [1.165, 1.54) is 14.0 Å². The number of nitrogens with zero attached hydrogens (tertiary/aromatic N) is 1. The van der Waals surface area contributed by atoms with Crippen LogP contribution in [0.2, 0.25) is 0 Å². The third-order valence-electron chi connectivity index (χ3n) is 6.90. The number of hydrogen-bond acceptors (Lipinski definition) is 9. The molecule has 178 valence electrons. The summed E-state index contributed by atoms with van der Waals surface area (Å²) >= 11 is 0. The molecule has 0 bridgehead atoms. The average Bonchev–Trinajstić information content (AvgIpc) is 3.40. The molecule has 4 unspecified atom stereocenters. The molecule has 3 aliphatic heterocycles. The van der Waals surface area contributed by atoms with Crippen molar-refractivity contribution >= 4 is 34.9 Å². The maximum Gasteiger partial charge on any atom is 0.404 e. The number of Topliss-reactive ketones (excluding diaryl/α,β-unsaturated/α-hetero) is 2. The minimum Gasteiger partial charge on any atom is -0.449 e. The molecular formula is C23H25N5O6. The van der Waals surface area contributed by atoms with Gasteiger partial charge in [0.15, 0.2) is 5.72 Å². The standard InChI is InChI=1S/C23H25N5O6/c1-10-17(26-13-6-4-12(5-7-13)25-11(2)29)20(31)16-14(9-34-22(24)32)23(33-3)21-15(27-21)8-28(23)18(16)19(10)30/h4-7,14-15,21,26-27H,8-9H2,1-3H3,(H2,24,32)(H,25,29). The normalized spacial score (nSPS) is 29.0. The Morgan fingerprint density at radius 1 is 1.21 bits per heavy atom. The largest absolute Gasteiger partial charge is 0.449 e. The molecule has 2 fully saturated rings. The molecule has 1 aliphatic carbocycles. The lowest BCUT2D eigenvalue weighted by Gasteiger charge is -2.39. The van der Waals surface area contributed by atoms with Crippen molar-refractivity contribution in [3.63, 3.8) is 0 Å². The summed E-state index contributed by atoms with van der Waals surface area (Å²) in [6.07, 6.45) is -0.968. The number of anilines is 2. The number of carbonyl (C=O) groups excluding carboxylic acids is 4. The number of ketones is 2. The van der Waals surface area contributed by atoms with Crippen LogP contribution in [0.3, 0.4) is 0 Å². The van der Waals surface area contributed by atoms with Gasteiger partial charge in [0, 0.05) is 49.1 Å². The minimum atomic E-state index is -1.02. The highest BCUT2D eigenvalue weighted by molar-refractivity contribution is 6.26. The smallest absolute Gasteiger partial charge is 0.404 e. The molecule has 0 spiro atoms. The number of allylic oxidation sites excluding steroid dienone is 2. The van der Waals surface area contributed by atoms with E-state index in [0.717, 1.165) is 0 Å². The molecule has 1 aromatic rings. The van der Waals surface area contributed by atoms with Crippen LogP contribution in [0.1, 0.15) is 13.8 Å². The Hall–Kier alpha value is -3.70. The van der Waals surface area contributed by atoms with Gasteiger partial charge in [-0.3, -0.25) is 14.4 Å². The van der Waals surface area contributed by atoms with Crippen LogP contribution in [0.15, 0.2) is 46.8 Å². The Labute approximate surface area is 195 Å². The van der Waals surface area contributed by atoms with E-state index in [2.05, 4.69) is 16.0 Å². The van der Waals surface area contributed by atoms with E-state index in [0.29, 0.717) is 23.6 Å². The van der Waals surface area contributed by atoms with Gasteiger partial charge < -0.3 is 36.1 Å². The van der Waals surface area contributed by atoms with Crippen LogP contribution >= 0.6 is 0 Å².